The smallest absolute Gasteiger partial charge is 0.375 e. The summed E-state index contributed by atoms with van der Waals surface area (Å²) < 4.78 is 9.12. The van der Waals surface area contributed by atoms with Crippen molar-refractivity contribution in [3.63, 3.8) is 0 Å². The van der Waals surface area contributed by atoms with Gasteiger partial charge in [0.15, 0.2) is 34.4 Å². The summed E-state index contributed by atoms with van der Waals surface area (Å²) in [7, 11) is 0. The Hall–Kier alpha value is -4.19. The normalized spacial score (nSPS) is 8.52. The summed E-state index contributed by atoms with van der Waals surface area (Å²) in [5, 5.41) is 11.9. The molecule has 15 N–H and O–H groups in total. The molecule has 0 aliphatic carbocycles. The molecule has 0 spiro atoms. The highest BCUT2D eigenvalue weighted by Crippen LogP contribution is 2.19. The van der Waals surface area contributed by atoms with Gasteiger partial charge in [-0.3, -0.25) is 4.79 Å². The van der Waals surface area contributed by atoms with E-state index in [1.165, 1.54) is 16.7 Å². The maximum Gasteiger partial charge on any atom is 0.375 e. The molecule has 248 valence electrons. The summed E-state index contributed by atoms with van der Waals surface area (Å²) >= 11 is 9.38. The fraction of sp³-hybridized carbons (Fsp3) is 0.300. The Kier molecular flexibility index (Phi) is 28.1. The van der Waals surface area contributed by atoms with Crippen LogP contribution in [0.25, 0.3) is 0 Å². The Morgan fingerprint density at radius 1 is 0.864 bits per heavy atom. The van der Waals surface area contributed by atoms with Crippen LogP contribution < -0.4 is 40.1 Å². The number of aromatic nitrogens is 2. The minimum Gasteiger partial charge on any atom is -0.476 e. The molecule has 0 atom stereocenters. The molecule has 44 heavy (non-hydrogen) atoms. The number of ketones is 1. The van der Waals surface area contributed by atoms with Crippen LogP contribution >= 0.6 is 63.2 Å². The van der Waals surface area contributed by atoms with E-state index in [1.807, 2.05) is 0 Å². The number of nitrogens with zero attached hydrogens (tertiary/aromatic N) is 5. The molecule has 0 saturated carbocycles. The first-order chi connectivity index (χ1) is 19.6. The summed E-state index contributed by atoms with van der Waals surface area (Å²) in [5.74, 6) is -3.21. The van der Waals surface area contributed by atoms with E-state index in [2.05, 4.69) is 57.8 Å². The van der Waals surface area contributed by atoms with Crippen molar-refractivity contribution in [3.8, 4) is 0 Å². The molecule has 0 aliphatic heterocycles. The van der Waals surface area contributed by atoms with Gasteiger partial charge in [0.2, 0.25) is 16.0 Å². The number of carboxylic acid groups (broad SMARTS) is 1. The highest BCUT2D eigenvalue weighted by molar-refractivity contribution is 9.09. The van der Waals surface area contributed by atoms with Gasteiger partial charge < -0.3 is 54.7 Å². The van der Waals surface area contributed by atoms with Gasteiger partial charge in [0.05, 0.1) is 18.5 Å². The zero-order valence-electron chi connectivity index (χ0n) is 22.5. The number of alkyl halides is 1. The van der Waals surface area contributed by atoms with Crippen LogP contribution in [0.2, 0.25) is 0 Å². The average molecular weight is 766 g/mol. The summed E-state index contributed by atoms with van der Waals surface area (Å²) in [6.07, 6.45) is 0. The molecule has 0 aromatic carbocycles. The number of carbonyl (C=O) groups is 4. The zero-order chi connectivity index (χ0) is 32.8. The van der Waals surface area contributed by atoms with Crippen LogP contribution in [0, 0.1) is 0 Å². The van der Waals surface area contributed by atoms with Gasteiger partial charge in [0.1, 0.15) is 0 Å². The molecule has 2 heterocycles. The van der Waals surface area contributed by atoms with Crippen molar-refractivity contribution >= 4 is 120 Å². The number of Topliss-reactive ketones (excluding diaryl/α,β-unsaturated/α-hetero) is 1. The molecular formula is C20H34BrClN12O7S3. The monoisotopic (exact) mass is 764 g/mol. The largest absolute Gasteiger partial charge is 0.476 e. The first-order valence-corrected chi connectivity index (χ1v) is 14.0. The fourth-order valence-corrected chi connectivity index (χ4v) is 3.33. The second kappa shape index (κ2) is 26.4. The number of nitrogens with two attached hydrogens (primary N) is 7. The molecule has 0 fully saturated rings. The number of hydrogen-bond donors (Lipinski definition) is 8. The number of aromatic carboxylic acids is 1. The van der Waals surface area contributed by atoms with Gasteiger partial charge in [-0.2, -0.15) is 15.0 Å². The molecule has 0 bridgehead atoms. The molecule has 2 aromatic rings. The van der Waals surface area contributed by atoms with E-state index in [0.29, 0.717) is 11.7 Å². The second-order valence-electron chi connectivity index (χ2n) is 6.28. The van der Waals surface area contributed by atoms with E-state index in [0.717, 1.165) is 11.3 Å². The number of thiazole rings is 2. The van der Waals surface area contributed by atoms with E-state index < -0.39 is 23.7 Å². The van der Waals surface area contributed by atoms with Gasteiger partial charge in [-0.1, -0.05) is 23.4 Å². The van der Waals surface area contributed by atoms with Gasteiger partial charge >= 0.3 is 17.9 Å². The summed E-state index contributed by atoms with van der Waals surface area (Å²) in [5.41, 5.74) is 35.2. The summed E-state index contributed by atoms with van der Waals surface area (Å²) in [4.78, 5) is 60.3. The number of ether oxygens (including phenoxy) is 2. The van der Waals surface area contributed by atoms with Crippen molar-refractivity contribution in [1.82, 2.24) is 9.97 Å². The van der Waals surface area contributed by atoms with E-state index in [9.17, 15) is 19.2 Å². The minimum atomic E-state index is -1.09. The maximum atomic E-state index is 11.2. The molecule has 0 aliphatic rings. The van der Waals surface area contributed by atoms with Crippen molar-refractivity contribution < 1.29 is 33.8 Å². The molecule has 24 heteroatoms. The number of rotatable bonds is 8. The number of esters is 2. The third-order valence-corrected chi connectivity index (χ3v) is 5.07. The molecule has 2 aromatic heterocycles. The number of guanidine groups is 3. The molecule has 0 radical (unpaired) electrons. The Bertz CT molecular complexity index is 1290. The Morgan fingerprint density at radius 3 is 1.59 bits per heavy atom. The van der Waals surface area contributed by atoms with E-state index in [4.69, 9.17) is 50.0 Å². The van der Waals surface area contributed by atoms with Gasteiger partial charge in [-0.15, -0.1) is 35.1 Å². The first-order valence-electron chi connectivity index (χ1n) is 10.7. The van der Waals surface area contributed by atoms with E-state index >= 15 is 0 Å². The fourth-order valence-electron chi connectivity index (χ4n) is 1.64. The lowest BCUT2D eigenvalue weighted by Gasteiger charge is -1.95. The molecule has 19 nitrogen and oxygen atoms in total. The third-order valence-electron chi connectivity index (χ3n) is 3.00. The number of halogens is 2. The molecule has 0 unspecified atom stereocenters. The lowest BCUT2D eigenvalue weighted by Crippen LogP contribution is -2.25. The molecule has 2 rings (SSSR count). The van der Waals surface area contributed by atoms with Crippen LogP contribution in [-0.4, -0.2) is 80.3 Å². The van der Waals surface area contributed by atoms with Gasteiger partial charge in [0, 0.05) is 10.8 Å². The van der Waals surface area contributed by atoms with E-state index in [1.54, 1.807) is 19.2 Å². The lowest BCUT2D eigenvalue weighted by molar-refractivity contribution is -0.152. The number of hydrogen-bond acceptors (Lipinski definition) is 13. The number of carboxylic acids is 1. The van der Waals surface area contributed by atoms with Crippen LogP contribution in [0.5, 0.6) is 0 Å². The highest BCUT2D eigenvalue weighted by atomic mass is 79.9. The standard InChI is InChI=1S/C7H10N4O2S.C5H7BrO3.C5H6N4O2S.C2H6N4S.CH4.ClH/c1-2-13-5(12)4-3-14-7(10-4)11-6(8)9;1-2-9-5(8)4(7)3-6;6-4(7)9-5-8-2(1-12-5)3(10)11;3-1(4)6-2(5)7;;/h3H,2H2,1H3,(H4,8,9,10,11);2-3H2,1H3;1H,(H,10,11)(H4,6,7,8,9);(H6,3,4,5,6,7);1H4;1H. The first kappa shape index (κ1) is 46.8. The van der Waals surface area contributed by atoms with Crippen LogP contribution in [0.1, 0.15) is 42.3 Å². The van der Waals surface area contributed by atoms with Crippen LogP contribution in [-0.2, 0) is 19.1 Å². The SMILES string of the molecule is C.CCOC(=O)C(=O)CBr.CCOC(=O)c1csc(N=C(N)N)n1.Cl.NC(=S)N=C(N)N.NC(N)=Nc1nc(C(=O)O)cs1. The summed E-state index contributed by atoms with van der Waals surface area (Å²) in [6.45, 7) is 3.94. The Balaban J connectivity index is -0.000000246. The summed E-state index contributed by atoms with van der Waals surface area (Å²) in [6, 6.07) is 0. The third kappa shape index (κ3) is 24.4. The minimum absolute atomic E-state index is 0. The van der Waals surface area contributed by atoms with Gasteiger partial charge in [0.25, 0.3) is 0 Å². The van der Waals surface area contributed by atoms with E-state index in [-0.39, 0.29) is 71.3 Å². The van der Waals surface area contributed by atoms with Crippen molar-refractivity contribution in [1.29, 1.82) is 0 Å². The molecular weight excluding hydrogens is 732 g/mol. The lowest BCUT2D eigenvalue weighted by atomic mass is 10.5. The Labute approximate surface area is 279 Å². The quantitative estimate of drug-likeness (QED) is 0.0439. The van der Waals surface area contributed by atoms with Crippen LogP contribution in [0.3, 0.4) is 0 Å². The Morgan fingerprint density at radius 2 is 1.30 bits per heavy atom. The second-order valence-corrected chi connectivity index (χ2v) is 8.93. The van der Waals surface area contributed by atoms with Crippen molar-refractivity contribution in [2.24, 2.45) is 55.1 Å². The molecule has 0 amide bonds. The van der Waals surface area contributed by atoms with Gasteiger partial charge in [-0.25, -0.2) is 24.4 Å². The van der Waals surface area contributed by atoms with Crippen molar-refractivity contribution in [2.75, 3.05) is 18.5 Å². The maximum absolute atomic E-state index is 11.2. The topological polar surface area (TPSA) is 352 Å². The van der Waals surface area contributed by atoms with Gasteiger partial charge in [-0.05, 0) is 26.1 Å². The number of carbonyl (C=O) groups excluding carboxylic acids is 3. The average Bonchev–Trinajstić information content (AvgIpc) is 3.53. The highest BCUT2D eigenvalue weighted by Gasteiger charge is 2.12. The molecule has 0 saturated heterocycles. The van der Waals surface area contributed by atoms with Crippen LogP contribution in [0.4, 0.5) is 10.3 Å². The zero-order valence-corrected chi connectivity index (χ0v) is 27.3. The number of thiocarbonyl (C=S) groups is 1. The number of aliphatic imine (C=N–C) groups is 3. The van der Waals surface area contributed by atoms with Crippen molar-refractivity contribution in [2.45, 2.75) is 21.3 Å². The predicted molar refractivity (Wildman–Crippen MR) is 180 cm³/mol. The van der Waals surface area contributed by atoms with Crippen molar-refractivity contribution in [3.05, 3.63) is 22.1 Å². The predicted octanol–water partition coefficient (Wildman–Crippen LogP) is 0.0457. The van der Waals surface area contributed by atoms with Crippen LogP contribution in [0.15, 0.2) is 25.7 Å².